The number of aromatic nitrogens is 1. The van der Waals surface area contributed by atoms with Gasteiger partial charge in [0.05, 0.1) is 5.69 Å². The second kappa shape index (κ2) is 11.7. The lowest BCUT2D eigenvalue weighted by Gasteiger charge is -2.05. The maximum atomic E-state index is 4.34. The van der Waals surface area contributed by atoms with Crippen LogP contribution in [0.2, 0.25) is 0 Å². The van der Waals surface area contributed by atoms with Crippen LogP contribution in [0, 0.1) is 0 Å². The van der Waals surface area contributed by atoms with E-state index in [9.17, 15) is 0 Å². The van der Waals surface area contributed by atoms with Gasteiger partial charge in [0, 0.05) is 6.20 Å². The Balaban J connectivity index is 1.98. The lowest BCUT2D eigenvalue weighted by Crippen LogP contribution is -1.92. The van der Waals surface area contributed by atoms with E-state index in [0.29, 0.717) is 0 Å². The van der Waals surface area contributed by atoms with Crippen LogP contribution in [0.3, 0.4) is 0 Å². The van der Waals surface area contributed by atoms with E-state index >= 15 is 0 Å². The molecule has 112 valence electrons. The quantitative estimate of drug-likeness (QED) is 0.414. The minimum atomic E-state index is 1.06. The smallest absolute Gasteiger partial charge is 0.0655 e. The predicted octanol–water partition coefficient (Wildman–Crippen LogP) is 6.19. The normalized spacial score (nSPS) is 10.7. The average Bonchev–Trinajstić information content (AvgIpc) is 2.49. The molecule has 0 atom stereocenters. The first kappa shape index (κ1) is 16.9. The zero-order valence-corrected chi connectivity index (χ0v) is 13.2. The van der Waals surface area contributed by atoms with Gasteiger partial charge in [0.2, 0.25) is 0 Å². The molecular weight excluding hydrogens is 242 g/mol. The number of aryl methyl sites for hydroxylation is 1. The van der Waals surface area contributed by atoms with Crippen molar-refractivity contribution in [3.63, 3.8) is 0 Å². The minimum absolute atomic E-state index is 1.06. The van der Waals surface area contributed by atoms with Crippen LogP contribution >= 0.6 is 0 Å². The summed E-state index contributed by atoms with van der Waals surface area (Å²) in [4.78, 5) is 4.34. The summed E-state index contributed by atoms with van der Waals surface area (Å²) in [5.74, 6) is 0. The van der Waals surface area contributed by atoms with E-state index < -0.39 is 0 Å². The van der Waals surface area contributed by atoms with Gasteiger partial charge in [-0.1, -0.05) is 77.4 Å². The van der Waals surface area contributed by atoms with Gasteiger partial charge in [0.15, 0.2) is 0 Å². The Kier molecular flexibility index (Phi) is 9.91. The SMILES string of the molecule is C=Cc1ncccc1CCCCCCCCCCCC. The summed E-state index contributed by atoms with van der Waals surface area (Å²) in [6, 6.07) is 4.20. The van der Waals surface area contributed by atoms with Crippen molar-refractivity contribution >= 4 is 6.08 Å². The van der Waals surface area contributed by atoms with Crippen LogP contribution in [0.5, 0.6) is 0 Å². The highest BCUT2D eigenvalue weighted by Gasteiger charge is 1.99. The maximum Gasteiger partial charge on any atom is 0.0655 e. The Morgan fingerprint density at radius 2 is 1.55 bits per heavy atom. The Hall–Kier alpha value is -1.11. The minimum Gasteiger partial charge on any atom is -0.257 e. The summed E-state index contributed by atoms with van der Waals surface area (Å²) in [5, 5.41) is 0. The molecule has 0 spiro atoms. The van der Waals surface area contributed by atoms with Crippen LogP contribution in [-0.2, 0) is 6.42 Å². The lowest BCUT2D eigenvalue weighted by atomic mass is 10.0. The number of hydrogen-bond acceptors (Lipinski definition) is 1. The van der Waals surface area contributed by atoms with Gasteiger partial charge in [-0.2, -0.15) is 0 Å². The number of rotatable bonds is 12. The van der Waals surface area contributed by atoms with Gasteiger partial charge in [-0.15, -0.1) is 0 Å². The summed E-state index contributed by atoms with van der Waals surface area (Å²) in [7, 11) is 0. The van der Waals surface area contributed by atoms with E-state index in [-0.39, 0.29) is 0 Å². The highest BCUT2D eigenvalue weighted by molar-refractivity contribution is 5.46. The molecule has 0 aliphatic heterocycles. The first-order chi connectivity index (χ1) is 9.88. The highest BCUT2D eigenvalue weighted by Crippen LogP contribution is 2.14. The van der Waals surface area contributed by atoms with E-state index in [1.54, 1.807) is 0 Å². The fourth-order valence-electron chi connectivity index (χ4n) is 2.65. The molecule has 1 aromatic rings. The molecule has 1 rings (SSSR count). The molecule has 0 radical (unpaired) electrons. The molecule has 0 amide bonds. The molecule has 1 heterocycles. The monoisotopic (exact) mass is 273 g/mol. The number of nitrogens with zero attached hydrogens (tertiary/aromatic N) is 1. The van der Waals surface area contributed by atoms with Crippen LogP contribution in [0.4, 0.5) is 0 Å². The molecule has 0 N–H and O–H groups in total. The van der Waals surface area contributed by atoms with Crippen LogP contribution in [0.1, 0.15) is 82.4 Å². The summed E-state index contributed by atoms with van der Waals surface area (Å²) in [6.45, 7) is 6.11. The molecule has 0 fully saturated rings. The molecule has 0 aliphatic carbocycles. The van der Waals surface area contributed by atoms with E-state index in [2.05, 4.69) is 24.6 Å². The Bertz CT molecular complexity index is 357. The number of unbranched alkanes of at least 4 members (excludes halogenated alkanes) is 9. The fraction of sp³-hybridized carbons (Fsp3) is 0.632. The standard InChI is InChI=1S/C19H31N/c1-3-5-6-7-8-9-10-11-12-13-15-18-16-14-17-20-19(18)4-2/h4,14,16-17H,2-3,5-13,15H2,1H3. The van der Waals surface area contributed by atoms with Gasteiger partial charge in [-0.3, -0.25) is 4.98 Å². The molecule has 1 heteroatoms. The van der Waals surface area contributed by atoms with Crippen LogP contribution < -0.4 is 0 Å². The van der Waals surface area contributed by atoms with E-state index in [0.717, 1.165) is 12.1 Å². The van der Waals surface area contributed by atoms with Crippen molar-refractivity contribution < 1.29 is 0 Å². The third kappa shape index (κ3) is 7.47. The van der Waals surface area contributed by atoms with Crippen molar-refractivity contribution in [2.24, 2.45) is 0 Å². The van der Waals surface area contributed by atoms with Crippen molar-refractivity contribution in [3.05, 3.63) is 36.2 Å². The van der Waals surface area contributed by atoms with Gasteiger partial charge in [-0.25, -0.2) is 0 Å². The van der Waals surface area contributed by atoms with Crippen molar-refractivity contribution in [1.82, 2.24) is 4.98 Å². The van der Waals surface area contributed by atoms with E-state index in [1.807, 2.05) is 18.3 Å². The topological polar surface area (TPSA) is 12.9 Å². The Morgan fingerprint density at radius 1 is 0.950 bits per heavy atom. The van der Waals surface area contributed by atoms with Crippen LogP contribution in [0.15, 0.2) is 24.9 Å². The van der Waals surface area contributed by atoms with Crippen LogP contribution in [-0.4, -0.2) is 4.98 Å². The highest BCUT2D eigenvalue weighted by atomic mass is 14.7. The average molecular weight is 273 g/mol. The van der Waals surface area contributed by atoms with E-state index in [4.69, 9.17) is 0 Å². The van der Waals surface area contributed by atoms with Crippen molar-refractivity contribution in [2.75, 3.05) is 0 Å². The predicted molar refractivity (Wildman–Crippen MR) is 89.9 cm³/mol. The molecule has 1 aromatic heterocycles. The largest absolute Gasteiger partial charge is 0.257 e. The third-order valence-corrected chi connectivity index (χ3v) is 3.92. The maximum absolute atomic E-state index is 4.34. The molecular formula is C19H31N. The summed E-state index contributed by atoms with van der Waals surface area (Å²) >= 11 is 0. The van der Waals surface area contributed by atoms with Gasteiger partial charge in [-0.05, 0) is 30.5 Å². The van der Waals surface area contributed by atoms with Gasteiger partial charge >= 0.3 is 0 Å². The number of hydrogen-bond donors (Lipinski definition) is 0. The second-order valence-corrected chi connectivity index (χ2v) is 5.68. The first-order valence-electron chi connectivity index (χ1n) is 8.44. The van der Waals surface area contributed by atoms with Crippen molar-refractivity contribution in [2.45, 2.75) is 77.6 Å². The Morgan fingerprint density at radius 3 is 2.15 bits per heavy atom. The third-order valence-electron chi connectivity index (χ3n) is 3.92. The van der Waals surface area contributed by atoms with Crippen LogP contribution in [0.25, 0.3) is 6.08 Å². The number of pyridine rings is 1. The summed E-state index contributed by atoms with van der Waals surface area (Å²) in [5.41, 5.74) is 2.41. The second-order valence-electron chi connectivity index (χ2n) is 5.68. The zero-order chi connectivity index (χ0) is 14.5. The lowest BCUT2D eigenvalue weighted by molar-refractivity contribution is 0.556. The molecule has 0 aliphatic rings. The molecule has 1 nitrogen and oxygen atoms in total. The van der Waals surface area contributed by atoms with Gasteiger partial charge in [0.1, 0.15) is 0 Å². The van der Waals surface area contributed by atoms with Gasteiger partial charge in [0.25, 0.3) is 0 Å². The molecule has 0 bridgehead atoms. The molecule has 0 aromatic carbocycles. The first-order valence-corrected chi connectivity index (χ1v) is 8.44. The Labute approximate surface area is 125 Å². The summed E-state index contributed by atoms with van der Waals surface area (Å²) in [6.07, 6.45) is 18.8. The van der Waals surface area contributed by atoms with Crippen molar-refractivity contribution in [1.29, 1.82) is 0 Å². The molecule has 20 heavy (non-hydrogen) atoms. The molecule has 0 saturated carbocycles. The fourth-order valence-corrected chi connectivity index (χ4v) is 2.65. The summed E-state index contributed by atoms with van der Waals surface area (Å²) < 4.78 is 0. The van der Waals surface area contributed by atoms with Gasteiger partial charge < -0.3 is 0 Å². The van der Waals surface area contributed by atoms with Crippen molar-refractivity contribution in [3.8, 4) is 0 Å². The zero-order valence-electron chi connectivity index (χ0n) is 13.2. The van der Waals surface area contributed by atoms with E-state index in [1.165, 1.54) is 69.8 Å². The molecule has 0 saturated heterocycles. The molecule has 0 unspecified atom stereocenters.